The quantitative estimate of drug-likeness (QED) is 0.838. The van der Waals surface area contributed by atoms with Gasteiger partial charge in [-0.15, -0.1) is 0 Å². The van der Waals surface area contributed by atoms with Gasteiger partial charge in [0.1, 0.15) is 0 Å². The first-order valence-corrected chi connectivity index (χ1v) is 8.71. The molecule has 0 saturated heterocycles. The van der Waals surface area contributed by atoms with E-state index in [1.54, 1.807) is 14.2 Å². The van der Waals surface area contributed by atoms with Gasteiger partial charge in [-0.05, 0) is 47.7 Å². The van der Waals surface area contributed by atoms with Gasteiger partial charge in [-0.3, -0.25) is 4.90 Å². The minimum Gasteiger partial charge on any atom is -0.493 e. The van der Waals surface area contributed by atoms with Gasteiger partial charge in [0.15, 0.2) is 23.0 Å². The van der Waals surface area contributed by atoms with Crippen LogP contribution in [0.3, 0.4) is 0 Å². The zero-order valence-electron chi connectivity index (χ0n) is 18.3. The SMILES string of the molecule is [2H]C([2H])([2H])Oc1cc2c(cc1OC)CCN1Cc3c(ccc(OC)c3OC)CC21. The molecule has 2 heterocycles. The Morgan fingerprint density at radius 2 is 1.77 bits per heavy atom. The van der Waals surface area contributed by atoms with E-state index < -0.39 is 7.04 Å². The Balaban J connectivity index is 1.75. The molecule has 2 aromatic rings. The third-order valence-electron chi connectivity index (χ3n) is 5.52. The first-order chi connectivity index (χ1) is 13.8. The summed E-state index contributed by atoms with van der Waals surface area (Å²) in [4.78, 5) is 2.40. The van der Waals surface area contributed by atoms with E-state index in [1.807, 2.05) is 18.2 Å². The van der Waals surface area contributed by atoms with Crippen molar-refractivity contribution in [3.05, 3.63) is 46.5 Å². The zero-order valence-corrected chi connectivity index (χ0v) is 15.3. The van der Waals surface area contributed by atoms with Crippen LogP contribution in [0.2, 0.25) is 0 Å². The van der Waals surface area contributed by atoms with Gasteiger partial charge in [0.05, 0.1) is 32.5 Å². The van der Waals surface area contributed by atoms with Crippen molar-refractivity contribution in [1.82, 2.24) is 4.90 Å². The molecule has 0 N–H and O–H groups in total. The van der Waals surface area contributed by atoms with E-state index in [1.165, 1.54) is 18.2 Å². The summed E-state index contributed by atoms with van der Waals surface area (Å²) in [5.74, 6) is 2.23. The Morgan fingerprint density at radius 1 is 0.962 bits per heavy atom. The molecule has 0 amide bonds. The lowest BCUT2D eigenvalue weighted by Crippen LogP contribution is -2.39. The molecule has 0 fully saturated rings. The average molecular weight is 358 g/mol. The zero-order chi connectivity index (χ0) is 20.8. The normalized spacial score (nSPS) is 20.6. The fraction of sp³-hybridized carbons (Fsp3) is 0.429. The lowest BCUT2D eigenvalue weighted by molar-refractivity contribution is 0.157. The van der Waals surface area contributed by atoms with Gasteiger partial charge in [0, 0.05) is 24.7 Å². The van der Waals surface area contributed by atoms with Gasteiger partial charge < -0.3 is 18.9 Å². The molecule has 138 valence electrons. The number of methoxy groups -OCH3 is 4. The lowest BCUT2D eigenvalue weighted by Gasteiger charge is -2.42. The van der Waals surface area contributed by atoms with Gasteiger partial charge in [0.2, 0.25) is 0 Å². The van der Waals surface area contributed by atoms with Crippen molar-refractivity contribution in [1.29, 1.82) is 0 Å². The molecule has 5 heteroatoms. The molecule has 2 aromatic carbocycles. The van der Waals surface area contributed by atoms with Crippen LogP contribution in [0.4, 0.5) is 0 Å². The van der Waals surface area contributed by atoms with Crippen LogP contribution >= 0.6 is 0 Å². The maximum atomic E-state index is 7.46. The van der Waals surface area contributed by atoms with Crippen LogP contribution in [-0.2, 0) is 19.4 Å². The number of fused-ring (bicyclic) bond motifs is 4. The van der Waals surface area contributed by atoms with Gasteiger partial charge in [-0.25, -0.2) is 0 Å². The van der Waals surface area contributed by atoms with Crippen molar-refractivity contribution in [2.75, 3.05) is 34.9 Å². The van der Waals surface area contributed by atoms with E-state index >= 15 is 0 Å². The molecule has 0 saturated carbocycles. The highest BCUT2D eigenvalue weighted by molar-refractivity contribution is 5.54. The van der Waals surface area contributed by atoms with Crippen LogP contribution in [0.1, 0.15) is 32.4 Å². The molecule has 26 heavy (non-hydrogen) atoms. The minimum atomic E-state index is -2.53. The van der Waals surface area contributed by atoms with E-state index in [0.29, 0.717) is 5.75 Å². The number of nitrogens with zero attached hydrogens (tertiary/aromatic N) is 1. The number of hydrogen-bond acceptors (Lipinski definition) is 5. The first-order valence-electron chi connectivity index (χ1n) is 10.2. The number of ether oxygens (including phenoxy) is 4. The third kappa shape index (κ3) is 2.58. The van der Waals surface area contributed by atoms with E-state index in [0.717, 1.165) is 48.6 Å². The molecule has 1 atom stereocenters. The molecule has 0 aromatic heterocycles. The number of hydrogen-bond donors (Lipinski definition) is 0. The van der Waals surface area contributed by atoms with Gasteiger partial charge in [0.25, 0.3) is 0 Å². The maximum absolute atomic E-state index is 7.46. The summed E-state index contributed by atoms with van der Waals surface area (Å²) < 4.78 is 44.1. The summed E-state index contributed by atoms with van der Waals surface area (Å²) >= 11 is 0. The highest BCUT2D eigenvalue weighted by Gasteiger charge is 2.34. The van der Waals surface area contributed by atoms with Crippen LogP contribution in [0, 0.1) is 0 Å². The predicted octanol–water partition coefficient (Wildman–Crippen LogP) is 3.38. The highest BCUT2D eigenvalue weighted by atomic mass is 16.5. The molecule has 4 rings (SSSR count). The molecule has 0 bridgehead atoms. The summed E-state index contributed by atoms with van der Waals surface area (Å²) in [5, 5.41) is 0. The average Bonchev–Trinajstić information content (AvgIpc) is 2.69. The minimum absolute atomic E-state index is 0.147. The molecule has 0 radical (unpaired) electrons. The second-order valence-corrected chi connectivity index (χ2v) is 6.68. The fourth-order valence-electron chi connectivity index (χ4n) is 4.24. The Hall–Kier alpha value is -2.40. The van der Waals surface area contributed by atoms with Crippen molar-refractivity contribution in [2.45, 2.75) is 25.4 Å². The van der Waals surface area contributed by atoms with Gasteiger partial charge in [-0.1, -0.05) is 6.07 Å². The summed E-state index contributed by atoms with van der Waals surface area (Å²) in [5.41, 5.74) is 4.63. The van der Waals surface area contributed by atoms with Crippen molar-refractivity contribution < 1.29 is 23.1 Å². The Kier molecular flexibility index (Phi) is 3.56. The van der Waals surface area contributed by atoms with Crippen LogP contribution < -0.4 is 18.9 Å². The molecule has 0 aliphatic carbocycles. The second-order valence-electron chi connectivity index (χ2n) is 6.68. The Labute approximate surface area is 158 Å². The molecule has 1 unspecified atom stereocenters. The summed E-state index contributed by atoms with van der Waals surface area (Å²) in [6.07, 6.45) is 1.67. The van der Waals surface area contributed by atoms with E-state index in [9.17, 15) is 0 Å². The molecule has 2 aliphatic rings. The largest absolute Gasteiger partial charge is 0.493 e. The monoisotopic (exact) mass is 358 g/mol. The van der Waals surface area contributed by atoms with Crippen LogP contribution in [0.15, 0.2) is 24.3 Å². The highest BCUT2D eigenvalue weighted by Crippen LogP contribution is 2.45. The number of benzene rings is 2. The summed E-state index contributed by atoms with van der Waals surface area (Å²) in [7, 11) is 2.31. The van der Waals surface area contributed by atoms with Crippen molar-refractivity contribution in [3.63, 3.8) is 0 Å². The van der Waals surface area contributed by atoms with Gasteiger partial charge in [-0.2, -0.15) is 0 Å². The molecular formula is C21H25NO4. The topological polar surface area (TPSA) is 40.2 Å². The van der Waals surface area contributed by atoms with Crippen molar-refractivity contribution in [2.24, 2.45) is 0 Å². The molecule has 5 nitrogen and oxygen atoms in total. The van der Waals surface area contributed by atoms with Crippen molar-refractivity contribution in [3.8, 4) is 23.0 Å². The lowest BCUT2D eigenvalue weighted by atomic mass is 9.83. The standard InChI is InChI=1S/C21H25NO4/c1-23-18-6-5-13-9-17-15-11-20(25-3)19(24-2)10-14(15)7-8-22(17)12-16(13)21(18)26-4/h5-6,10-11,17H,7-9,12H2,1-4H3/i3D3. The predicted molar refractivity (Wildman–Crippen MR) is 99.7 cm³/mol. The van der Waals surface area contributed by atoms with Gasteiger partial charge >= 0.3 is 0 Å². The van der Waals surface area contributed by atoms with Crippen LogP contribution in [-0.4, -0.2) is 39.8 Å². The Bertz CT molecular complexity index is 929. The van der Waals surface area contributed by atoms with Crippen molar-refractivity contribution >= 4 is 0 Å². The summed E-state index contributed by atoms with van der Waals surface area (Å²) in [6.45, 7) is 1.65. The van der Waals surface area contributed by atoms with E-state index in [4.69, 9.17) is 23.1 Å². The maximum Gasteiger partial charge on any atom is 0.165 e. The van der Waals surface area contributed by atoms with E-state index in [2.05, 4.69) is 11.0 Å². The fourth-order valence-corrected chi connectivity index (χ4v) is 4.24. The third-order valence-corrected chi connectivity index (χ3v) is 5.52. The van der Waals surface area contributed by atoms with E-state index in [-0.39, 0.29) is 11.8 Å². The molecule has 0 spiro atoms. The second kappa shape index (κ2) is 6.72. The smallest absolute Gasteiger partial charge is 0.165 e. The Morgan fingerprint density at radius 3 is 2.50 bits per heavy atom. The molecular weight excluding hydrogens is 330 g/mol. The first kappa shape index (κ1) is 13.8. The van der Waals surface area contributed by atoms with Crippen LogP contribution in [0.25, 0.3) is 0 Å². The summed E-state index contributed by atoms with van der Waals surface area (Å²) in [6, 6.07) is 7.93. The molecule has 2 aliphatic heterocycles. The van der Waals surface area contributed by atoms with Crippen LogP contribution in [0.5, 0.6) is 23.0 Å². The number of rotatable bonds is 4.